The van der Waals surface area contributed by atoms with E-state index in [1.165, 1.54) is 6.08 Å². The zero-order valence-corrected chi connectivity index (χ0v) is 8.83. The van der Waals surface area contributed by atoms with Crippen LogP contribution in [0.25, 0.3) is 16.8 Å². The Hall–Kier alpha value is -1.77. The maximum atomic E-state index is 12.9. The SMILES string of the molecule is FC(F)(F)C1C=Cc2cccc3cccc1c23. The highest BCUT2D eigenvalue weighted by Crippen LogP contribution is 2.43. The van der Waals surface area contributed by atoms with E-state index in [1.54, 1.807) is 18.2 Å². The average molecular weight is 234 g/mol. The Morgan fingerprint density at radius 3 is 2.35 bits per heavy atom. The number of hydrogen-bond donors (Lipinski definition) is 0. The molecule has 3 rings (SSSR count). The molecular formula is C14H9F3. The molecule has 2 aromatic carbocycles. The molecule has 0 fully saturated rings. The molecule has 1 atom stereocenters. The van der Waals surface area contributed by atoms with Crippen molar-refractivity contribution in [1.29, 1.82) is 0 Å². The van der Waals surface area contributed by atoms with Gasteiger partial charge in [0.15, 0.2) is 0 Å². The molecule has 1 aliphatic rings. The number of benzene rings is 2. The molecule has 0 nitrogen and oxygen atoms in total. The molecule has 1 aliphatic carbocycles. The van der Waals surface area contributed by atoms with Crippen LogP contribution in [0.2, 0.25) is 0 Å². The largest absolute Gasteiger partial charge is 0.399 e. The van der Waals surface area contributed by atoms with Crippen molar-refractivity contribution in [3.8, 4) is 0 Å². The Kier molecular flexibility index (Phi) is 2.05. The quantitative estimate of drug-likeness (QED) is 0.629. The van der Waals surface area contributed by atoms with Crippen molar-refractivity contribution >= 4 is 16.8 Å². The molecule has 0 aromatic heterocycles. The highest BCUT2D eigenvalue weighted by atomic mass is 19.4. The van der Waals surface area contributed by atoms with Gasteiger partial charge in [0.05, 0.1) is 5.92 Å². The molecule has 0 N–H and O–H groups in total. The van der Waals surface area contributed by atoms with Crippen LogP contribution >= 0.6 is 0 Å². The second kappa shape index (κ2) is 3.36. The Morgan fingerprint density at radius 1 is 0.941 bits per heavy atom. The summed E-state index contributed by atoms with van der Waals surface area (Å²) in [6, 6.07) is 10.6. The Morgan fingerprint density at radius 2 is 1.65 bits per heavy atom. The molecule has 0 bridgehead atoms. The van der Waals surface area contributed by atoms with Crippen molar-refractivity contribution in [3.05, 3.63) is 53.6 Å². The summed E-state index contributed by atoms with van der Waals surface area (Å²) in [7, 11) is 0. The molecule has 3 heteroatoms. The van der Waals surface area contributed by atoms with Gasteiger partial charge in [-0.1, -0.05) is 48.6 Å². The summed E-state index contributed by atoms with van der Waals surface area (Å²) < 4.78 is 38.7. The molecule has 0 aliphatic heterocycles. The van der Waals surface area contributed by atoms with Gasteiger partial charge in [-0.15, -0.1) is 0 Å². The first-order valence-corrected chi connectivity index (χ1v) is 5.34. The lowest BCUT2D eigenvalue weighted by molar-refractivity contribution is -0.139. The first kappa shape index (κ1) is 10.4. The fourth-order valence-electron chi connectivity index (χ4n) is 2.39. The Balaban J connectivity index is 2.34. The number of halogens is 3. The van der Waals surface area contributed by atoms with Gasteiger partial charge in [-0.05, 0) is 21.9 Å². The van der Waals surface area contributed by atoms with E-state index in [0.29, 0.717) is 5.56 Å². The summed E-state index contributed by atoms with van der Waals surface area (Å²) >= 11 is 0. The molecular weight excluding hydrogens is 225 g/mol. The van der Waals surface area contributed by atoms with Crippen LogP contribution in [-0.2, 0) is 0 Å². The zero-order valence-electron chi connectivity index (χ0n) is 8.83. The minimum absolute atomic E-state index is 0.355. The van der Waals surface area contributed by atoms with Gasteiger partial charge >= 0.3 is 6.18 Å². The van der Waals surface area contributed by atoms with Gasteiger partial charge in [0.1, 0.15) is 0 Å². The molecule has 0 saturated carbocycles. The van der Waals surface area contributed by atoms with Crippen molar-refractivity contribution < 1.29 is 13.2 Å². The second-order valence-electron chi connectivity index (χ2n) is 4.17. The van der Waals surface area contributed by atoms with E-state index in [0.717, 1.165) is 16.3 Å². The number of allylic oxidation sites excluding steroid dienone is 1. The molecule has 2 aromatic rings. The first-order valence-electron chi connectivity index (χ1n) is 5.34. The topological polar surface area (TPSA) is 0 Å². The van der Waals surface area contributed by atoms with E-state index in [2.05, 4.69) is 0 Å². The highest BCUT2D eigenvalue weighted by Gasteiger charge is 2.40. The van der Waals surface area contributed by atoms with E-state index in [9.17, 15) is 13.2 Å². The molecule has 0 amide bonds. The lowest BCUT2D eigenvalue weighted by Crippen LogP contribution is -2.20. The summed E-state index contributed by atoms with van der Waals surface area (Å²) in [5, 5.41) is 1.58. The van der Waals surface area contributed by atoms with Crippen LogP contribution in [0.15, 0.2) is 42.5 Å². The van der Waals surface area contributed by atoms with Gasteiger partial charge in [-0.25, -0.2) is 0 Å². The lowest BCUT2D eigenvalue weighted by Gasteiger charge is -2.23. The zero-order chi connectivity index (χ0) is 12.0. The Labute approximate surface area is 96.4 Å². The predicted octanol–water partition coefficient (Wildman–Crippen LogP) is 4.51. The summed E-state index contributed by atoms with van der Waals surface area (Å²) in [5.41, 5.74) is 1.21. The van der Waals surface area contributed by atoms with Crippen molar-refractivity contribution in [2.45, 2.75) is 12.1 Å². The van der Waals surface area contributed by atoms with Gasteiger partial charge < -0.3 is 0 Å². The molecule has 86 valence electrons. The molecule has 0 radical (unpaired) electrons. The lowest BCUT2D eigenvalue weighted by atomic mass is 9.86. The number of alkyl halides is 3. The van der Waals surface area contributed by atoms with Crippen molar-refractivity contribution in [2.75, 3.05) is 0 Å². The average Bonchev–Trinajstić information content (AvgIpc) is 2.28. The molecule has 0 saturated heterocycles. The van der Waals surface area contributed by atoms with Gasteiger partial charge in [0.25, 0.3) is 0 Å². The van der Waals surface area contributed by atoms with E-state index in [4.69, 9.17) is 0 Å². The highest BCUT2D eigenvalue weighted by molar-refractivity contribution is 5.95. The number of rotatable bonds is 0. The first-order chi connectivity index (χ1) is 8.07. The van der Waals surface area contributed by atoms with Crippen LogP contribution in [0.1, 0.15) is 17.0 Å². The van der Waals surface area contributed by atoms with E-state index < -0.39 is 12.1 Å². The van der Waals surface area contributed by atoms with E-state index >= 15 is 0 Å². The van der Waals surface area contributed by atoms with Crippen molar-refractivity contribution in [1.82, 2.24) is 0 Å². The third-order valence-electron chi connectivity index (χ3n) is 3.13. The van der Waals surface area contributed by atoms with Crippen LogP contribution < -0.4 is 0 Å². The van der Waals surface area contributed by atoms with E-state index in [1.807, 2.05) is 24.3 Å². The standard InChI is InChI=1S/C14H9F3/c15-14(16,17)12-8-7-10-4-1-3-9-5-2-6-11(12)13(9)10/h1-8,12H. The number of hydrogen-bond acceptors (Lipinski definition) is 0. The normalized spacial score (nSPS) is 18.6. The van der Waals surface area contributed by atoms with Crippen LogP contribution in [0.4, 0.5) is 13.2 Å². The van der Waals surface area contributed by atoms with Crippen molar-refractivity contribution in [3.63, 3.8) is 0 Å². The summed E-state index contributed by atoms with van der Waals surface area (Å²) in [5.74, 6) is -1.49. The van der Waals surface area contributed by atoms with Crippen LogP contribution in [0.5, 0.6) is 0 Å². The maximum absolute atomic E-state index is 12.9. The van der Waals surface area contributed by atoms with Crippen LogP contribution in [0.3, 0.4) is 0 Å². The second-order valence-corrected chi connectivity index (χ2v) is 4.17. The molecule has 17 heavy (non-hydrogen) atoms. The molecule has 1 unspecified atom stereocenters. The third-order valence-corrected chi connectivity index (χ3v) is 3.13. The fraction of sp³-hybridized carbons (Fsp3) is 0.143. The van der Waals surface area contributed by atoms with Gasteiger partial charge in [-0.3, -0.25) is 0 Å². The molecule has 0 spiro atoms. The predicted molar refractivity (Wildman–Crippen MR) is 61.8 cm³/mol. The summed E-state index contributed by atoms with van der Waals surface area (Å²) in [6.45, 7) is 0. The van der Waals surface area contributed by atoms with Crippen LogP contribution in [-0.4, -0.2) is 6.18 Å². The third kappa shape index (κ3) is 1.54. The van der Waals surface area contributed by atoms with Crippen LogP contribution in [0, 0.1) is 0 Å². The van der Waals surface area contributed by atoms with Gasteiger partial charge in [-0.2, -0.15) is 13.2 Å². The minimum atomic E-state index is -4.22. The fourth-order valence-corrected chi connectivity index (χ4v) is 2.39. The monoisotopic (exact) mass is 234 g/mol. The maximum Gasteiger partial charge on any atom is 0.399 e. The van der Waals surface area contributed by atoms with E-state index in [-0.39, 0.29) is 0 Å². The summed E-state index contributed by atoms with van der Waals surface area (Å²) in [4.78, 5) is 0. The minimum Gasteiger partial charge on any atom is -0.170 e. The van der Waals surface area contributed by atoms with Gasteiger partial charge in [0.2, 0.25) is 0 Å². The van der Waals surface area contributed by atoms with Crippen molar-refractivity contribution in [2.24, 2.45) is 0 Å². The molecule has 0 heterocycles. The summed E-state index contributed by atoms with van der Waals surface area (Å²) in [6.07, 6.45) is -1.43. The van der Waals surface area contributed by atoms with Gasteiger partial charge in [0, 0.05) is 0 Å². The smallest absolute Gasteiger partial charge is 0.170 e. The Bertz CT molecular complexity index is 603.